The molecule has 0 aliphatic carbocycles. The van der Waals surface area contributed by atoms with Gasteiger partial charge in [-0.25, -0.2) is 19.4 Å². The minimum absolute atomic E-state index is 0.189. The van der Waals surface area contributed by atoms with Gasteiger partial charge in [0.25, 0.3) is 0 Å². The minimum atomic E-state index is -0.412. The Morgan fingerprint density at radius 2 is 1.89 bits per heavy atom. The van der Waals surface area contributed by atoms with Gasteiger partial charge in [0.2, 0.25) is 5.95 Å². The van der Waals surface area contributed by atoms with Gasteiger partial charge < -0.3 is 15.0 Å². The second kappa shape index (κ2) is 7.87. The molecule has 0 radical (unpaired) electrons. The topological polar surface area (TPSA) is 65.9 Å². The van der Waals surface area contributed by atoms with Crippen molar-refractivity contribution in [2.75, 3.05) is 37.7 Å². The van der Waals surface area contributed by atoms with Crippen molar-refractivity contribution in [2.24, 2.45) is 4.99 Å². The Morgan fingerprint density at radius 3 is 2.63 bits per heavy atom. The third kappa shape index (κ3) is 4.00. The summed E-state index contributed by atoms with van der Waals surface area (Å²) >= 11 is 0. The van der Waals surface area contributed by atoms with Gasteiger partial charge in [0.15, 0.2) is 5.82 Å². The Morgan fingerprint density at radius 1 is 1.15 bits per heavy atom. The molecule has 142 valence electrons. The van der Waals surface area contributed by atoms with Crippen LogP contribution in [-0.2, 0) is 0 Å². The molecular weight excluding hydrogens is 347 g/mol. The number of anilines is 1. The highest BCUT2D eigenvalue weighted by Gasteiger charge is 2.25. The molecule has 1 saturated heterocycles. The first-order chi connectivity index (χ1) is 13.2. The zero-order chi connectivity index (χ0) is 18.6. The van der Waals surface area contributed by atoms with E-state index in [0.29, 0.717) is 12.6 Å². The number of hydrogen-bond donors (Lipinski definition) is 1. The number of rotatable bonds is 4. The third-order valence-electron chi connectivity index (χ3n) is 4.85. The lowest BCUT2D eigenvalue weighted by Gasteiger charge is -2.39. The van der Waals surface area contributed by atoms with E-state index in [9.17, 15) is 4.39 Å². The molecular formula is C19H23FN6O. The number of para-hydroxylation sites is 2. The third-order valence-corrected chi connectivity index (χ3v) is 4.85. The monoisotopic (exact) mass is 370 g/mol. The molecule has 4 rings (SSSR count). The normalized spacial score (nSPS) is 18.3. The number of nitrogens with one attached hydrogen (secondary N) is 1. The second-order valence-corrected chi connectivity index (χ2v) is 6.61. The van der Waals surface area contributed by atoms with E-state index in [4.69, 9.17) is 4.74 Å². The SMILES string of the molecule is CCC(NC1=Nc2ccccc2OC1)N1CCN(c2ncc(F)cn2)CC1. The molecule has 7 nitrogen and oxygen atoms in total. The van der Waals surface area contributed by atoms with Crippen molar-refractivity contribution < 1.29 is 9.13 Å². The molecule has 1 fully saturated rings. The van der Waals surface area contributed by atoms with E-state index in [-0.39, 0.29) is 6.17 Å². The number of benzene rings is 1. The van der Waals surface area contributed by atoms with Gasteiger partial charge in [0.1, 0.15) is 23.9 Å². The zero-order valence-corrected chi connectivity index (χ0v) is 15.3. The van der Waals surface area contributed by atoms with Crippen molar-refractivity contribution in [1.82, 2.24) is 20.2 Å². The van der Waals surface area contributed by atoms with E-state index in [1.54, 1.807) is 0 Å². The van der Waals surface area contributed by atoms with Gasteiger partial charge in [-0.15, -0.1) is 0 Å². The molecule has 27 heavy (non-hydrogen) atoms. The van der Waals surface area contributed by atoms with E-state index in [1.165, 1.54) is 12.4 Å². The molecule has 0 saturated carbocycles. The fourth-order valence-corrected chi connectivity index (χ4v) is 3.42. The summed E-state index contributed by atoms with van der Waals surface area (Å²) in [6, 6.07) is 7.80. The van der Waals surface area contributed by atoms with Crippen LogP contribution in [0.25, 0.3) is 0 Å². The molecule has 2 aromatic rings. The summed E-state index contributed by atoms with van der Waals surface area (Å²) in [5.74, 6) is 1.84. The first-order valence-electron chi connectivity index (χ1n) is 9.25. The first kappa shape index (κ1) is 17.7. The fraction of sp³-hybridized carbons (Fsp3) is 0.421. The predicted molar refractivity (Wildman–Crippen MR) is 102 cm³/mol. The average Bonchev–Trinajstić information content (AvgIpc) is 2.73. The number of amidine groups is 1. The predicted octanol–water partition coefficient (Wildman–Crippen LogP) is 2.19. The first-order valence-corrected chi connectivity index (χ1v) is 9.25. The summed E-state index contributed by atoms with van der Waals surface area (Å²) in [6.07, 6.45) is 3.57. The zero-order valence-electron chi connectivity index (χ0n) is 15.3. The van der Waals surface area contributed by atoms with Crippen LogP contribution in [0.15, 0.2) is 41.7 Å². The largest absolute Gasteiger partial charge is 0.483 e. The number of fused-ring (bicyclic) bond motifs is 1. The molecule has 1 aromatic carbocycles. The number of piperazine rings is 1. The number of hydrogen-bond acceptors (Lipinski definition) is 7. The van der Waals surface area contributed by atoms with E-state index >= 15 is 0 Å². The van der Waals surface area contributed by atoms with E-state index in [1.807, 2.05) is 24.3 Å². The highest BCUT2D eigenvalue weighted by atomic mass is 19.1. The van der Waals surface area contributed by atoms with Gasteiger partial charge in [-0.2, -0.15) is 0 Å². The van der Waals surface area contributed by atoms with Crippen molar-refractivity contribution in [3.63, 3.8) is 0 Å². The molecule has 1 aromatic heterocycles. The van der Waals surface area contributed by atoms with Crippen LogP contribution in [0.4, 0.5) is 16.0 Å². The maximum atomic E-state index is 13.0. The molecule has 2 aliphatic rings. The highest BCUT2D eigenvalue weighted by Crippen LogP contribution is 2.29. The Balaban J connectivity index is 1.37. The van der Waals surface area contributed by atoms with Crippen molar-refractivity contribution in [3.05, 3.63) is 42.5 Å². The quantitative estimate of drug-likeness (QED) is 0.890. The molecule has 0 amide bonds. The summed E-state index contributed by atoms with van der Waals surface area (Å²) in [5.41, 5.74) is 0.861. The molecule has 3 heterocycles. The van der Waals surface area contributed by atoms with Crippen molar-refractivity contribution in [2.45, 2.75) is 19.5 Å². The van der Waals surface area contributed by atoms with Crippen molar-refractivity contribution in [3.8, 4) is 5.75 Å². The lowest BCUT2D eigenvalue weighted by Crippen LogP contribution is -2.56. The summed E-state index contributed by atoms with van der Waals surface area (Å²) in [7, 11) is 0. The second-order valence-electron chi connectivity index (χ2n) is 6.61. The summed E-state index contributed by atoms with van der Waals surface area (Å²) in [6.45, 7) is 5.96. The Bertz CT molecular complexity index is 804. The number of aliphatic imine (C=N–C) groups is 1. The lowest BCUT2D eigenvalue weighted by molar-refractivity contribution is 0.165. The van der Waals surface area contributed by atoms with E-state index in [2.05, 4.69) is 37.0 Å². The molecule has 8 heteroatoms. The van der Waals surface area contributed by atoms with Crippen molar-refractivity contribution >= 4 is 17.5 Å². The van der Waals surface area contributed by atoms with Gasteiger partial charge in [-0.1, -0.05) is 19.1 Å². The van der Waals surface area contributed by atoms with Crippen LogP contribution >= 0.6 is 0 Å². The summed E-state index contributed by atoms with van der Waals surface area (Å²) in [5, 5.41) is 3.53. The van der Waals surface area contributed by atoms with Crippen LogP contribution in [0.5, 0.6) is 5.75 Å². The van der Waals surface area contributed by atoms with Crippen molar-refractivity contribution in [1.29, 1.82) is 0 Å². The molecule has 2 aliphatic heterocycles. The smallest absolute Gasteiger partial charge is 0.225 e. The van der Waals surface area contributed by atoms with Crippen LogP contribution in [0.3, 0.4) is 0 Å². The van der Waals surface area contributed by atoms with E-state index < -0.39 is 5.82 Å². The number of ether oxygens (including phenoxy) is 1. The van der Waals surface area contributed by atoms with Gasteiger partial charge in [-0.05, 0) is 18.6 Å². The molecule has 0 bridgehead atoms. The maximum Gasteiger partial charge on any atom is 0.225 e. The number of nitrogens with zero attached hydrogens (tertiary/aromatic N) is 5. The van der Waals surface area contributed by atoms with Crippen LogP contribution in [0.1, 0.15) is 13.3 Å². The fourth-order valence-electron chi connectivity index (χ4n) is 3.42. The molecule has 0 spiro atoms. The summed E-state index contributed by atoms with van der Waals surface area (Å²) < 4.78 is 18.8. The highest BCUT2D eigenvalue weighted by molar-refractivity contribution is 5.88. The lowest BCUT2D eigenvalue weighted by atomic mass is 10.2. The van der Waals surface area contributed by atoms with Crippen LogP contribution < -0.4 is 15.0 Å². The number of halogens is 1. The van der Waals surface area contributed by atoms with Gasteiger partial charge in [0, 0.05) is 26.2 Å². The minimum Gasteiger partial charge on any atom is -0.483 e. The van der Waals surface area contributed by atoms with Crippen LogP contribution in [0, 0.1) is 5.82 Å². The Hall–Kier alpha value is -2.74. The van der Waals surface area contributed by atoms with Gasteiger partial charge >= 0.3 is 0 Å². The molecule has 1 N–H and O–H groups in total. The van der Waals surface area contributed by atoms with Gasteiger partial charge in [-0.3, -0.25) is 4.90 Å². The van der Waals surface area contributed by atoms with Crippen LogP contribution in [0.2, 0.25) is 0 Å². The molecule has 1 unspecified atom stereocenters. The van der Waals surface area contributed by atoms with Crippen LogP contribution in [-0.4, -0.2) is 59.7 Å². The van der Waals surface area contributed by atoms with E-state index in [0.717, 1.165) is 49.9 Å². The average molecular weight is 370 g/mol. The summed E-state index contributed by atoms with van der Waals surface area (Å²) in [4.78, 5) is 17.3. The maximum absolute atomic E-state index is 13.0. The Kier molecular flexibility index (Phi) is 5.15. The standard InChI is InChI=1S/C19H23FN6O/c1-2-18(24-17-13-27-16-6-4-3-5-15(16)23-17)25-7-9-26(10-8-25)19-21-11-14(20)12-22-19/h3-6,11-12,18H,2,7-10,13H2,1H3,(H,23,24). The molecule has 1 atom stereocenters. The Labute approximate surface area is 157 Å². The van der Waals surface area contributed by atoms with Gasteiger partial charge in [0.05, 0.1) is 18.6 Å². The number of aromatic nitrogens is 2.